The average Bonchev–Trinajstić information content (AvgIpc) is 2.33. The number of hydrogen-bond donors (Lipinski definition) is 1. The lowest BCUT2D eigenvalue weighted by Crippen LogP contribution is -2.07. The lowest BCUT2D eigenvalue weighted by atomic mass is 9.97. The summed E-state index contributed by atoms with van der Waals surface area (Å²) >= 11 is 6.01. The van der Waals surface area contributed by atoms with Crippen LogP contribution in [0.5, 0.6) is 0 Å². The average molecular weight is 286 g/mol. The summed E-state index contributed by atoms with van der Waals surface area (Å²) in [6, 6.07) is 8.38. The first kappa shape index (κ1) is 13.7. The minimum Gasteiger partial charge on any atom is -0.398 e. The molecule has 0 unspecified atom stereocenters. The van der Waals surface area contributed by atoms with Crippen LogP contribution in [0, 0.1) is 6.92 Å². The molecule has 5 heteroatoms. The second-order valence-electron chi connectivity index (χ2n) is 4.23. The van der Waals surface area contributed by atoms with Crippen LogP contribution in [-0.4, -0.2) is 0 Å². The monoisotopic (exact) mass is 285 g/mol. The van der Waals surface area contributed by atoms with Crippen molar-refractivity contribution in [2.75, 3.05) is 5.73 Å². The molecule has 1 nitrogen and oxygen atoms in total. The number of rotatable bonds is 1. The van der Waals surface area contributed by atoms with Crippen LogP contribution in [0.2, 0.25) is 5.02 Å². The molecule has 0 radical (unpaired) electrons. The topological polar surface area (TPSA) is 26.0 Å². The molecule has 0 bridgehead atoms. The lowest BCUT2D eigenvalue weighted by Gasteiger charge is -2.15. The zero-order chi connectivity index (χ0) is 14.2. The smallest absolute Gasteiger partial charge is 0.398 e. The summed E-state index contributed by atoms with van der Waals surface area (Å²) in [5.74, 6) is 0. The number of aryl methyl sites for hydroxylation is 1. The summed E-state index contributed by atoms with van der Waals surface area (Å²) in [4.78, 5) is 0. The number of anilines is 1. The third-order valence-electron chi connectivity index (χ3n) is 2.88. The van der Waals surface area contributed by atoms with Crippen LogP contribution in [0.4, 0.5) is 18.9 Å². The first-order valence-electron chi connectivity index (χ1n) is 5.53. The van der Waals surface area contributed by atoms with Crippen molar-refractivity contribution in [3.05, 3.63) is 52.5 Å². The van der Waals surface area contributed by atoms with E-state index in [0.717, 1.165) is 6.07 Å². The molecule has 0 heterocycles. The van der Waals surface area contributed by atoms with Crippen LogP contribution in [0.3, 0.4) is 0 Å². The van der Waals surface area contributed by atoms with Crippen molar-refractivity contribution in [1.82, 2.24) is 0 Å². The van der Waals surface area contributed by atoms with Crippen molar-refractivity contribution in [3.63, 3.8) is 0 Å². The van der Waals surface area contributed by atoms with Crippen molar-refractivity contribution in [2.45, 2.75) is 13.1 Å². The van der Waals surface area contributed by atoms with Crippen LogP contribution in [0.1, 0.15) is 11.1 Å². The third-order valence-corrected chi connectivity index (χ3v) is 3.19. The molecular formula is C14H11ClF3N. The number of alkyl halides is 3. The molecule has 2 N–H and O–H groups in total. The second kappa shape index (κ2) is 4.78. The van der Waals surface area contributed by atoms with E-state index in [0.29, 0.717) is 16.8 Å². The van der Waals surface area contributed by atoms with Gasteiger partial charge in [0, 0.05) is 11.3 Å². The molecule has 100 valence electrons. The molecule has 19 heavy (non-hydrogen) atoms. The third kappa shape index (κ3) is 2.68. The van der Waals surface area contributed by atoms with Crippen molar-refractivity contribution in [3.8, 4) is 11.1 Å². The van der Waals surface area contributed by atoms with E-state index >= 15 is 0 Å². The highest BCUT2D eigenvalue weighted by molar-refractivity contribution is 6.33. The number of hydrogen-bond acceptors (Lipinski definition) is 1. The molecule has 0 aliphatic rings. The Morgan fingerprint density at radius 1 is 1.05 bits per heavy atom. The summed E-state index contributed by atoms with van der Waals surface area (Å²) in [6.07, 6.45) is -4.42. The van der Waals surface area contributed by atoms with Gasteiger partial charge >= 0.3 is 6.18 Å². The van der Waals surface area contributed by atoms with Gasteiger partial charge in [-0.05, 0) is 36.2 Å². The van der Waals surface area contributed by atoms with Crippen LogP contribution in [0.15, 0.2) is 36.4 Å². The van der Waals surface area contributed by atoms with E-state index in [1.165, 1.54) is 18.2 Å². The van der Waals surface area contributed by atoms with Gasteiger partial charge in [-0.2, -0.15) is 13.2 Å². The Morgan fingerprint density at radius 2 is 1.68 bits per heavy atom. The largest absolute Gasteiger partial charge is 0.417 e. The van der Waals surface area contributed by atoms with Crippen LogP contribution in [0.25, 0.3) is 11.1 Å². The van der Waals surface area contributed by atoms with Gasteiger partial charge in [0.05, 0.1) is 10.6 Å². The first-order valence-corrected chi connectivity index (χ1v) is 5.90. The molecule has 0 aliphatic heterocycles. The van der Waals surface area contributed by atoms with E-state index in [9.17, 15) is 13.2 Å². The summed E-state index contributed by atoms with van der Waals surface area (Å²) in [6.45, 7) is 1.73. The Labute approximate surface area is 113 Å². The zero-order valence-electron chi connectivity index (χ0n) is 10.1. The number of benzene rings is 2. The van der Waals surface area contributed by atoms with E-state index < -0.39 is 11.7 Å². The number of nitrogen functional groups attached to an aromatic ring is 1. The van der Waals surface area contributed by atoms with Crippen molar-refractivity contribution in [2.24, 2.45) is 0 Å². The summed E-state index contributed by atoms with van der Waals surface area (Å²) < 4.78 is 38.9. The van der Waals surface area contributed by atoms with E-state index in [4.69, 9.17) is 17.3 Å². The molecule has 0 saturated heterocycles. The molecule has 2 aromatic rings. The Hall–Kier alpha value is -1.68. The molecule has 0 aromatic heterocycles. The van der Waals surface area contributed by atoms with Gasteiger partial charge in [-0.25, -0.2) is 0 Å². The van der Waals surface area contributed by atoms with E-state index in [1.54, 1.807) is 19.1 Å². The fraction of sp³-hybridized carbons (Fsp3) is 0.143. The maximum absolute atomic E-state index is 13.0. The van der Waals surface area contributed by atoms with Crippen molar-refractivity contribution >= 4 is 17.3 Å². The van der Waals surface area contributed by atoms with E-state index in [-0.39, 0.29) is 10.6 Å². The van der Waals surface area contributed by atoms with E-state index in [2.05, 4.69) is 0 Å². The summed E-state index contributed by atoms with van der Waals surface area (Å²) in [7, 11) is 0. The summed E-state index contributed by atoms with van der Waals surface area (Å²) in [5.41, 5.74) is 6.52. The standard InChI is InChI=1S/C14H11ClF3N/c1-8-6-10(12(15)7-13(8)19)9-4-2-3-5-11(9)14(16,17)18/h2-7H,19H2,1H3. The lowest BCUT2D eigenvalue weighted by molar-refractivity contribution is -0.137. The number of halogens is 4. The molecule has 2 aromatic carbocycles. The van der Waals surface area contributed by atoms with Crippen molar-refractivity contribution < 1.29 is 13.2 Å². The quantitative estimate of drug-likeness (QED) is 0.740. The summed E-state index contributed by atoms with van der Waals surface area (Å²) in [5, 5.41) is 0.208. The normalized spacial score (nSPS) is 11.6. The highest BCUT2D eigenvalue weighted by Crippen LogP contribution is 2.40. The molecule has 0 atom stereocenters. The predicted molar refractivity (Wildman–Crippen MR) is 71.0 cm³/mol. The fourth-order valence-corrected chi connectivity index (χ4v) is 2.14. The first-order chi connectivity index (χ1) is 8.80. The fourth-order valence-electron chi connectivity index (χ4n) is 1.87. The van der Waals surface area contributed by atoms with Gasteiger partial charge in [0.15, 0.2) is 0 Å². The molecule has 2 rings (SSSR count). The van der Waals surface area contributed by atoms with Crippen LogP contribution >= 0.6 is 11.6 Å². The molecule has 0 aliphatic carbocycles. The second-order valence-corrected chi connectivity index (χ2v) is 4.64. The highest BCUT2D eigenvalue weighted by Gasteiger charge is 2.33. The van der Waals surface area contributed by atoms with Gasteiger partial charge in [-0.15, -0.1) is 0 Å². The maximum Gasteiger partial charge on any atom is 0.417 e. The van der Waals surface area contributed by atoms with Gasteiger partial charge in [0.2, 0.25) is 0 Å². The van der Waals surface area contributed by atoms with Gasteiger partial charge < -0.3 is 5.73 Å². The minimum atomic E-state index is -4.42. The van der Waals surface area contributed by atoms with Gasteiger partial charge in [-0.3, -0.25) is 0 Å². The van der Waals surface area contributed by atoms with Crippen LogP contribution < -0.4 is 5.73 Å². The minimum absolute atomic E-state index is 0.0584. The van der Waals surface area contributed by atoms with E-state index in [1.807, 2.05) is 0 Å². The SMILES string of the molecule is Cc1cc(-c2ccccc2C(F)(F)F)c(Cl)cc1N. The maximum atomic E-state index is 13.0. The molecule has 0 fully saturated rings. The Morgan fingerprint density at radius 3 is 2.32 bits per heavy atom. The zero-order valence-corrected chi connectivity index (χ0v) is 10.8. The number of nitrogens with two attached hydrogens (primary N) is 1. The molecule has 0 amide bonds. The van der Waals surface area contributed by atoms with Crippen LogP contribution in [-0.2, 0) is 6.18 Å². The van der Waals surface area contributed by atoms with Gasteiger partial charge in [0.1, 0.15) is 0 Å². The molecular weight excluding hydrogens is 275 g/mol. The Balaban J connectivity index is 2.70. The Bertz CT molecular complexity index is 621. The molecule has 0 spiro atoms. The van der Waals surface area contributed by atoms with Gasteiger partial charge in [-0.1, -0.05) is 29.8 Å². The molecule has 0 saturated carbocycles. The highest BCUT2D eigenvalue weighted by atomic mass is 35.5. The Kier molecular flexibility index (Phi) is 3.45. The van der Waals surface area contributed by atoms with Gasteiger partial charge in [0.25, 0.3) is 0 Å². The van der Waals surface area contributed by atoms with Crippen molar-refractivity contribution in [1.29, 1.82) is 0 Å². The predicted octanol–water partition coefficient (Wildman–Crippen LogP) is 4.92.